The van der Waals surface area contributed by atoms with Crippen molar-refractivity contribution < 1.29 is 23.5 Å². The number of pyridine rings is 1. The van der Waals surface area contributed by atoms with E-state index in [1.54, 1.807) is 18.3 Å². The fraction of sp³-hybridized carbons (Fsp3) is 0.360. The minimum absolute atomic E-state index is 0.0205. The van der Waals surface area contributed by atoms with Gasteiger partial charge in [0, 0.05) is 30.1 Å². The number of anilines is 2. The summed E-state index contributed by atoms with van der Waals surface area (Å²) in [7, 11) is 1.36. The van der Waals surface area contributed by atoms with Gasteiger partial charge in [-0.2, -0.15) is 5.26 Å². The summed E-state index contributed by atoms with van der Waals surface area (Å²) >= 11 is 7.59. The molecule has 0 radical (unpaired) electrons. The molecule has 3 aliphatic rings. The molecule has 9 nitrogen and oxygen atoms in total. The number of halogens is 2. The zero-order chi connectivity index (χ0) is 26.1. The maximum atomic E-state index is 14.1. The molecule has 0 aliphatic carbocycles. The minimum atomic E-state index is -0.675. The van der Waals surface area contributed by atoms with Crippen molar-refractivity contribution >= 4 is 51.6 Å². The van der Waals surface area contributed by atoms with Crippen LogP contribution in [-0.4, -0.2) is 73.1 Å². The Kier molecular flexibility index (Phi) is 7.24. The van der Waals surface area contributed by atoms with Crippen molar-refractivity contribution in [2.24, 2.45) is 0 Å². The van der Waals surface area contributed by atoms with Crippen LogP contribution in [0.5, 0.6) is 5.75 Å². The van der Waals surface area contributed by atoms with Crippen LogP contribution in [0, 0.1) is 17.1 Å². The number of imide groups is 1. The molecule has 0 bridgehead atoms. The number of carbonyl (C=O) groups excluding carboxylic acids is 2. The number of fused-ring (bicyclic) bond motifs is 1. The van der Waals surface area contributed by atoms with Crippen molar-refractivity contribution in [3.8, 4) is 11.8 Å². The summed E-state index contributed by atoms with van der Waals surface area (Å²) in [5.74, 6) is -0.976. The van der Waals surface area contributed by atoms with Gasteiger partial charge in [-0.05, 0) is 24.3 Å². The van der Waals surface area contributed by atoms with E-state index in [1.165, 1.54) is 36.0 Å². The van der Waals surface area contributed by atoms with E-state index >= 15 is 0 Å². The van der Waals surface area contributed by atoms with Crippen LogP contribution in [0.25, 0.3) is 4.91 Å². The van der Waals surface area contributed by atoms with Crippen molar-refractivity contribution in [1.82, 2.24) is 9.88 Å². The van der Waals surface area contributed by atoms with Crippen LogP contribution in [0.1, 0.15) is 12.0 Å². The molecule has 2 unspecified atom stereocenters. The Bertz CT molecular complexity index is 1310. The molecule has 0 N–H and O–H groups in total. The fourth-order valence-electron chi connectivity index (χ4n) is 4.63. The minimum Gasteiger partial charge on any atom is -0.494 e. The third-order valence-electron chi connectivity index (χ3n) is 6.46. The Morgan fingerprint density at radius 2 is 2.00 bits per heavy atom. The highest BCUT2D eigenvalue weighted by Crippen LogP contribution is 2.47. The normalized spacial score (nSPS) is 21.6. The predicted molar refractivity (Wildman–Crippen MR) is 138 cm³/mol. The number of aromatic nitrogens is 1. The predicted octanol–water partition coefficient (Wildman–Crippen LogP) is 3.93. The number of rotatable bonds is 6. The molecule has 1 aromatic carbocycles. The SMILES string of the molecule is COc1cc(C2=CC3C(S2)C(=O)N(c2cncc(N4CCOCC4)c2)C(=O)N3CCC#N)c(Cl)cc1F. The van der Waals surface area contributed by atoms with E-state index in [1.807, 2.05) is 0 Å². The maximum Gasteiger partial charge on any atom is 0.332 e. The third-order valence-corrected chi connectivity index (χ3v) is 8.12. The van der Waals surface area contributed by atoms with Crippen LogP contribution >= 0.6 is 23.4 Å². The van der Waals surface area contributed by atoms with Gasteiger partial charge in [0.05, 0.1) is 67.6 Å². The van der Waals surface area contributed by atoms with Gasteiger partial charge in [0.15, 0.2) is 11.6 Å². The number of ether oxygens (including phenoxy) is 2. The Hall–Kier alpha value is -3.33. The van der Waals surface area contributed by atoms with Crippen LogP contribution < -0.4 is 14.5 Å². The molecule has 2 aromatic rings. The average Bonchev–Trinajstić information content (AvgIpc) is 3.35. The molecular formula is C25H23ClFN5O4S. The molecule has 2 atom stereocenters. The Morgan fingerprint density at radius 3 is 2.73 bits per heavy atom. The smallest absolute Gasteiger partial charge is 0.332 e. The Labute approximate surface area is 222 Å². The largest absolute Gasteiger partial charge is 0.494 e. The van der Waals surface area contributed by atoms with E-state index in [2.05, 4.69) is 16.0 Å². The molecule has 0 spiro atoms. The van der Waals surface area contributed by atoms with Gasteiger partial charge in [-0.25, -0.2) is 14.1 Å². The van der Waals surface area contributed by atoms with Gasteiger partial charge >= 0.3 is 6.03 Å². The number of urea groups is 1. The van der Waals surface area contributed by atoms with Gasteiger partial charge in [0.25, 0.3) is 5.91 Å². The monoisotopic (exact) mass is 543 g/mol. The number of methoxy groups -OCH3 is 1. The third kappa shape index (κ3) is 4.72. The number of thioether (sulfide) groups is 1. The number of nitrogens with zero attached hydrogens (tertiary/aromatic N) is 5. The second kappa shape index (κ2) is 10.6. The summed E-state index contributed by atoms with van der Waals surface area (Å²) in [5, 5.41) is 8.70. The molecule has 2 fully saturated rings. The number of hydrogen-bond acceptors (Lipinski definition) is 8. The molecule has 0 saturated carbocycles. The lowest BCUT2D eigenvalue weighted by Gasteiger charge is -2.41. The molecule has 3 aliphatic heterocycles. The lowest BCUT2D eigenvalue weighted by molar-refractivity contribution is -0.119. The molecule has 192 valence electrons. The second-order valence-corrected chi connectivity index (χ2v) is 10.2. The first kappa shape index (κ1) is 25.3. The van der Waals surface area contributed by atoms with Crippen molar-refractivity contribution in [3.05, 3.63) is 53.1 Å². The molecule has 3 amide bonds. The van der Waals surface area contributed by atoms with Gasteiger partial charge in [-0.1, -0.05) is 11.6 Å². The van der Waals surface area contributed by atoms with E-state index < -0.39 is 29.0 Å². The highest BCUT2D eigenvalue weighted by Gasteiger charge is 2.50. The van der Waals surface area contributed by atoms with Crippen molar-refractivity contribution in [2.45, 2.75) is 17.7 Å². The maximum absolute atomic E-state index is 14.1. The second-order valence-electron chi connectivity index (χ2n) is 8.59. The van der Waals surface area contributed by atoms with Crippen LogP contribution in [0.15, 0.2) is 36.7 Å². The average molecular weight is 544 g/mol. The number of benzene rings is 1. The first-order chi connectivity index (χ1) is 17.9. The Balaban J connectivity index is 1.50. The summed E-state index contributed by atoms with van der Waals surface area (Å²) in [5.41, 5.74) is 1.65. The van der Waals surface area contributed by atoms with Crippen LogP contribution in [-0.2, 0) is 9.53 Å². The van der Waals surface area contributed by atoms with Crippen molar-refractivity contribution in [3.63, 3.8) is 0 Å². The molecule has 2 saturated heterocycles. The van der Waals surface area contributed by atoms with Gasteiger partial charge in [0.1, 0.15) is 5.25 Å². The highest BCUT2D eigenvalue weighted by atomic mass is 35.5. The summed E-state index contributed by atoms with van der Waals surface area (Å²) in [4.78, 5) is 37.1. The fourth-order valence-corrected chi connectivity index (χ4v) is 6.30. The van der Waals surface area contributed by atoms with Crippen molar-refractivity contribution in [2.75, 3.05) is 49.8 Å². The molecule has 1 aromatic heterocycles. The zero-order valence-corrected chi connectivity index (χ0v) is 21.5. The molecule has 12 heteroatoms. The van der Waals surface area contributed by atoms with Gasteiger partial charge in [0.2, 0.25) is 0 Å². The molecule has 37 heavy (non-hydrogen) atoms. The Morgan fingerprint density at radius 1 is 1.24 bits per heavy atom. The van der Waals surface area contributed by atoms with Gasteiger partial charge < -0.3 is 19.3 Å². The van der Waals surface area contributed by atoms with Gasteiger partial charge in [-0.3, -0.25) is 9.78 Å². The number of hydrogen-bond donors (Lipinski definition) is 0. The number of carbonyl (C=O) groups is 2. The van der Waals surface area contributed by atoms with E-state index in [9.17, 15) is 19.2 Å². The summed E-state index contributed by atoms with van der Waals surface area (Å²) in [6.07, 6.45) is 5.05. The summed E-state index contributed by atoms with van der Waals surface area (Å²) < 4.78 is 24.7. The molecular weight excluding hydrogens is 521 g/mol. The van der Waals surface area contributed by atoms with E-state index in [0.717, 1.165) is 16.7 Å². The quantitative estimate of drug-likeness (QED) is 0.540. The number of amides is 3. The lowest BCUT2D eigenvalue weighted by atomic mass is 10.0. The summed E-state index contributed by atoms with van der Waals surface area (Å²) in [6.45, 7) is 2.66. The lowest BCUT2D eigenvalue weighted by Crippen LogP contribution is -2.62. The standard InChI is InChI=1S/C25H23ClFN5O4S/c1-35-21-10-17(18(26)11-19(21)27)22-12-20-23(37-22)24(33)32(25(34)31(20)4-2-3-28)16-9-15(13-29-14-16)30-5-7-36-8-6-30/h9-14,20,23H,2,4-8H2,1H3. The first-order valence-electron chi connectivity index (χ1n) is 11.6. The van der Waals surface area contributed by atoms with Crippen LogP contribution in [0.3, 0.4) is 0 Å². The molecule has 5 rings (SSSR count). The van der Waals surface area contributed by atoms with Crippen LogP contribution in [0.4, 0.5) is 20.6 Å². The highest BCUT2D eigenvalue weighted by molar-refractivity contribution is 8.09. The summed E-state index contributed by atoms with van der Waals surface area (Å²) in [6, 6.07) is 5.37. The van der Waals surface area contributed by atoms with Gasteiger partial charge in [-0.15, -0.1) is 11.8 Å². The topological polar surface area (TPSA) is 99.0 Å². The van der Waals surface area contributed by atoms with Crippen molar-refractivity contribution in [1.29, 1.82) is 5.26 Å². The first-order valence-corrected chi connectivity index (χ1v) is 12.9. The van der Waals surface area contributed by atoms with E-state index in [-0.39, 0.29) is 23.7 Å². The molecule has 4 heterocycles. The van der Waals surface area contributed by atoms with E-state index in [0.29, 0.717) is 42.5 Å². The van der Waals surface area contributed by atoms with Crippen LogP contribution in [0.2, 0.25) is 5.02 Å². The van der Waals surface area contributed by atoms with E-state index in [4.69, 9.17) is 21.1 Å². The number of morpholine rings is 1. The zero-order valence-electron chi connectivity index (χ0n) is 19.9. The number of nitriles is 1.